The predicted octanol–water partition coefficient (Wildman–Crippen LogP) is 3.75. The maximum absolute atomic E-state index is 12.8. The van der Waals surface area contributed by atoms with Crippen molar-refractivity contribution in [3.8, 4) is 0 Å². The molecule has 0 aliphatic carbocycles. The maximum atomic E-state index is 12.8. The Hall–Kier alpha value is -2.94. The highest BCUT2D eigenvalue weighted by Crippen LogP contribution is 2.31. The van der Waals surface area contributed by atoms with Crippen molar-refractivity contribution in [2.24, 2.45) is 0 Å². The van der Waals surface area contributed by atoms with E-state index >= 15 is 0 Å². The summed E-state index contributed by atoms with van der Waals surface area (Å²) in [6.45, 7) is 8.09. The summed E-state index contributed by atoms with van der Waals surface area (Å²) in [6, 6.07) is 9.40. The number of hydrogen-bond donors (Lipinski definition) is 1. The van der Waals surface area contributed by atoms with E-state index in [4.69, 9.17) is 9.26 Å². The number of amides is 2. The molecule has 2 aliphatic heterocycles. The largest absolute Gasteiger partial charge is 0.444 e. The number of hydrogen-bond acceptors (Lipinski definition) is 7. The van der Waals surface area contributed by atoms with Crippen LogP contribution in [0.1, 0.15) is 74.9 Å². The van der Waals surface area contributed by atoms with Gasteiger partial charge in [0.25, 0.3) is 5.91 Å². The van der Waals surface area contributed by atoms with Crippen LogP contribution in [0.4, 0.5) is 4.79 Å². The highest BCUT2D eigenvalue weighted by atomic mass is 16.6. The summed E-state index contributed by atoms with van der Waals surface area (Å²) in [7, 11) is 0. The van der Waals surface area contributed by atoms with Crippen LogP contribution in [0.3, 0.4) is 0 Å². The highest BCUT2D eigenvalue weighted by molar-refractivity contribution is 5.93. The van der Waals surface area contributed by atoms with Crippen molar-refractivity contribution < 1.29 is 18.8 Å². The molecule has 3 heterocycles. The number of ether oxygens (including phenoxy) is 1. The van der Waals surface area contributed by atoms with E-state index in [0.717, 1.165) is 45.2 Å². The first-order valence-electron chi connectivity index (χ1n) is 12.2. The van der Waals surface area contributed by atoms with Gasteiger partial charge >= 0.3 is 6.09 Å². The van der Waals surface area contributed by atoms with Gasteiger partial charge in [-0.1, -0.05) is 29.8 Å². The maximum Gasteiger partial charge on any atom is 0.410 e. The molecule has 0 saturated carbocycles. The minimum atomic E-state index is -0.507. The molecule has 1 aromatic heterocycles. The van der Waals surface area contributed by atoms with Gasteiger partial charge in [0.05, 0.1) is 19.1 Å². The zero-order valence-electron chi connectivity index (χ0n) is 20.3. The molecule has 4 rings (SSSR count). The van der Waals surface area contributed by atoms with Crippen molar-refractivity contribution in [1.82, 2.24) is 25.3 Å². The molecular formula is C25H35N5O4. The van der Waals surface area contributed by atoms with Gasteiger partial charge in [-0.15, -0.1) is 0 Å². The van der Waals surface area contributed by atoms with E-state index in [0.29, 0.717) is 23.8 Å². The Balaban J connectivity index is 1.36. The fourth-order valence-electron chi connectivity index (χ4n) is 4.84. The molecule has 9 nitrogen and oxygen atoms in total. The first-order valence-corrected chi connectivity index (χ1v) is 12.2. The van der Waals surface area contributed by atoms with Gasteiger partial charge < -0.3 is 19.5 Å². The van der Waals surface area contributed by atoms with Crippen LogP contribution >= 0.6 is 0 Å². The van der Waals surface area contributed by atoms with Crippen LogP contribution in [0.25, 0.3) is 0 Å². The molecule has 1 N–H and O–H groups in total. The van der Waals surface area contributed by atoms with E-state index in [2.05, 4.69) is 20.4 Å². The first-order chi connectivity index (χ1) is 16.3. The Morgan fingerprint density at radius 3 is 2.62 bits per heavy atom. The lowest BCUT2D eigenvalue weighted by atomic mass is 9.94. The average molecular weight is 470 g/mol. The molecule has 9 heteroatoms. The molecule has 0 bridgehead atoms. The fourth-order valence-corrected chi connectivity index (χ4v) is 4.84. The Labute approximate surface area is 200 Å². The first kappa shape index (κ1) is 24.2. The van der Waals surface area contributed by atoms with Gasteiger partial charge in [0, 0.05) is 18.2 Å². The number of likely N-dealkylation sites (tertiary alicyclic amines) is 2. The normalized spacial score (nSPS) is 21.4. The standard InChI is InChI=1S/C25H35N5O4/c1-25(2,3)33-24(32)30-15-9-13-20(30)19-12-7-8-14-29(19)17-22-27-21(28-34-22)16-26-23(31)18-10-5-4-6-11-18/h4-6,10-11,19-20H,7-9,12-17H2,1-3H3,(H,26,31)/t19-,20-/m0/s1. The second kappa shape index (κ2) is 10.5. The molecule has 2 atom stereocenters. The van der Waals surface area contributed by atoms with Crippen LogP contribution < -0.4 is 5.32 Å². The SMILES string of the molecule is CC(C)(C)OC(=O)N1CCC[C@H]1[C@@H]1CCCCN1Cc1nc(CNC(=O)c2ccccc2)no1. The van der Waals surface area contributed by atoms with E-state index in [9.17, 15) is 9.59 Å². The summed E-state index contributed by atoms with van der Waals surface area (Å²) in [5.74, 6) is 0.799. The Morgan fingerprint density at radius 2 is 1.85 bits per heavy atom. The highest BCUT2D eigenvalue weighted by Gasteiger charge is 2.40. The number of benzene rings is 1. The number of nitrogens with one attached hydrogen (secondary N) is 1. The summed E-state index contributed by atoms with van der Waals surface area (Å²) in [4.78, 5) is 33.8. The van der Waals surface area contributed by atoms with Crippen LogP contribution in [-0.2, 0) is 17.8 Å². The summed E-state index contributed by atoms with van der Waals surface area (Å²) in [5, 5.41) is 6.87. The number of carbonyl (C=O) groups excluding carboxylic acids is 2. The van der Waals surface area contributed by atoms with Crippen molar-refractivity contribution in [2.45, 2.75) is 83.6 Å². The molecule has 0 unspecified atom stereocenters. The molecular weight excluding hydrogens is 434 g/mol. The number of aromatic nitrogens is 2. The minimum absolute atomic E-state index is 0.128. The van der Waals surface area contributed by atoms with Gasteiger partial charge in [0.2, 0.25) is 5.89 Å². The third kappa shape index (κ3) is 6.14. The number of rotatable bonds is 6. The molecule has 2 aromatic rings. The molecule has 0 spiro atoms. The number of piperidine rings is 1. The summed E-state index contributed by atoms with van der Waals surface area (Å²) >= 11 is 0. The topological polar surface area (TPSA) is 101 Å². The third-order valence-electron chi connectivity index (χ3n) is 6.33. The minimum Gasteiger partial charge on any atom is -0.444 e. The molecule has 2 fully saturated rings. The average Bonchev–Trinajstić information content (AvgIpc) is 3.47. The smallest absolute Gasteiger partial charge is 0.410 e. The van der Waals surface area contributed by atoms with Crippen molar-refractivity contribution in [3.05, 3.63) is 47.6 Å². The van der Waals surface area contributed by atoms with Gasteiger partial charge in [0.15, 0.2) is 5.82 Å². The van der Waals surface area contributed by atoms with Gasteiger partial charge in [-0.2, -0.15) is 4.98 Å². The van der Waals surface area contributed by atoms with Crippen LogP contribution in [0.2, 0.25) is 0 Å². The van der Waals surface area contributed by atoms with E-state index in [-0.39, 0.29) is 30.6 Å². The van der Waals surface area contributed by atoms with Gasteiger partial charge in [0.1, 0.15) is 5.60 Å². The second-order valence-electron chi connectivity index (χ2n) is 10.1. The van der Waals surface area contributed by atoms with Crippen LogP contribution in [0.5, 0.6) is 0 Å². The quantitative estimate of drug-likeness (QED) is 0.687. The van der Waals surface area contributed by atoms with Crippen LogP contribution in [0.15, 0.2) is 34.9 Å². The van der Waals surface area contributed by atoms with Gasteiger partial charge in [-0.05, 0) is 65.1 Å². The zero-order chi connectivity index (χ0) is 24.1. The zero-order valence-corrected chi connectivity index (χ0v) is 20.3. The molecule has 1 aromatic carbocycles. The Morgan fingerprint density at radius 1 is 1.09 bits per heavy atom. The monoisotopic (exact) mass is 469 g/mol. The molecule has 2 aliphatic rings. The van der Waals surface area contributed by atoms with Crippen molar-refractivity contribution >= 4 is 12.0 Å². The molecule has 34 heavy (non-hydrogen) atoms. The Kier molecular flexibility index (Phi) is 7.50. The summed E-state index contributed by atoms with van der Waals surface area (Å²) < 4.78 is 11.2. The van der Waals surface area contributed by atoms with E-state index in [1.54, 1.807) is 12.1 Å². The van der Waals surface area contributed by atoms with E-state index in [1.165, 1.54) is 0 Å². The number of nitrogens with zero attached hydrogens (tertiary/aromatic N) is 4. The lowest BCUT2D eigenvalue weighted by Crippen LogP contribution is -2.53. The summed E-state index contributed by atoms with van der Waals surface area (Å²) in [5.41, 5.74) is 0.0838. The van der Waals surface area contributed by atoms with Crippen LogP contribution in [-0.4, -0.2) is 62.7 Å². The molecule has 0 radical (unpaired) electrons. The predicted molar refractivity (Wildman–Crippen MR) is 126 cm³/mol. The molecule has 184 valence electrons. The van der Waals surface area contributed by atoms with Crippen LogP contribution in [0, 0.1) is 0 Å². The van der Waals surface area contributed by atoms with Crippen molar-refractivity contribution in [3.63, 3.8) is 0 Å². The third-order valence-corrected chi connectivity index (χ3v) is 6.33. The lowest BCUT2D eigenvalue weighted by molar-refractivity contribution is 0.00513. The van der Waals surface area contributed by atoms with E-state index < -0.39 is 5.60 Å². The fraction of sp³-hybridized carbons (Fsp3) is 0.600. The van der Waals surface area contributed by atoms with Gasteiger partial charge in [-0.25, -0.2) is 4.79 Å². The van der Waals surface area contributed by atoms with Crippen molar-refractivity contribution in [1.29, 1.82) is 0 Å². The Bertz CT molecular complexity index is 971. The summed E-state index contributed by atoms with van der Waals surface area (Å²) in [6.07, 6.45) is 5.00. The lowest BCUT2D eigenvalue weighted by Gasteiger charge is -2.41. The molecule has 2 amide bonds. The second-order valence-corrected chi connectivity index (χ2v) is 10.1. The number of carbonyl (C=O) groups is 2. The van der Waals surface area contributed by atoms with Gasteiger partial charge in [-0.3, -0.25) is 9.69 Å². The van der Waals surface area contributed by atoms with E-state index in [1.807, 2.05) is 43.9 Å². The van der Waals surface area contributed by atoms with Crippen molar-refractivity contribution in [2.75, 3.05) is 13.1 Å². The molecule has 2 saturated heterocycles.